The summed E-state index contributed by atoms with van der Waals surface area (Å²) in [6, 6.07) is 16.6. The molecule has 0 amide bonds. The number of nitrogens with zero attached hydrogens (tertiary/aromatic N) is 2. The first-order valence-corrected chi connectivity index (χ1v) is 11.8. The SMILES string of the molecule is Cc1cc(C(=O)C(C)OC(=O)c2ccc(CN3CCOCC3)cc2)c(C)n1-c1ccc(Cl)cc1. The first-order valence-electron chi connectivity index (χ1n) is 11.4. The van der Waals surface area contributed by atoms with Gasteiger partial charge in [0.25, 0.3) is 0 Å². The van der Waals surface area contributed by atoms with E-state index in [9.17, 15) is 9.59 Å². The van der Waals surface area contributed by atoms with Gasteiger partial charge < -0.3 is 14.0 Å². The summed E-state index contributed by atoms with van der Waals surface area (Å²) >= 11 is 6.01. The number of morpholine rings is 1. The predicted octanol–water partition coefficient (Wildman–Crippen LogP) is 5.01. The van der Waals surface area contributed by atoms with Gasteiger partial charge in [0.1, 0.15) is 0 Å². The molecule has 1 aliphatic rings. The minimum absolute atomic E-state index is 0.231. The quantitative estimate of drug-likeness (QED) is 0.351. The maximum absolute atomic E-state index is 13.1. The van der Waals surface area contributed by atoms with E-state index in [-0.39, 0.29) is 5.78 Å². The molecule has 2 heterocycles. The average molecular weight is 481 g/mol. The summed E-state index contributed by atoms with van der Waals surface area (Å²) in [6.07, 6.45) is -0.903. The van der Waals surface area contributed by atoms with E-state index in [2.05, 4.69) is 4.90 Å². The first-order chi connectivity index (χ1) is 16.3. The molecular formula is C27H29ClN2O4. The number of hydrogen-bond donors (Lipinski definition) is 0. The summed E-state index contributed by atoms with van der Waals surface area (Å²) in [4.78, 5) is 28.1. The summed E-state index contributed by atoms with van der Waals surface area (Å²) in [7, 11) is 0. The van der Waals surface area contributed by atoms with Crippen LogP contribution in [0.3, 0.4) is 0 Å². The smallest absolute Gasteiger partial charge is 0.338 e. The third-order valence-electron chi connectivity index (χ3n) is 6.13. The summed E-state index contributed by atoms with van der Waals surface area (Å²) < 4.78 is 12.9. The lowest BCUT2D eigenvalue weighted by Crippen LogP contribution is -2.35. The molecule has 0 aliphatic carbocycles. The minimum Gasteiger partial charge on any atom is -0.451 e. The van der Waals surface area contributed by atoms with E-state index in [0.717, 1.165) is 55.5 Å². The fourth-order valence-corrected chi connectivity index (χ4v) is 4.39. The van der Waals surface area contributed by atoms with Crippen LogP contribution in [0.2, 0.25) is 5.02 Å². The summed E-state index contributed by atoms with van der Waals surface area (Å²) in [5, 5.41) is 0.650. The second kappa shape index (κ2) is 10.6. The van der Waals surface area contributed by atoms with Gasteiger partial charge >= 0.3 is 5.97 Å². The Morgan fingerprint density at radius 1 is 1.03 bits per heavy atom. The van der Waals surface area contributed by atoms with Gasteiger partial charge in [0.2, 0.25) is 5.78 Å². The third kappa shape index (κ3) is 5.41. The van der Waals surface area contributed by atoms with Crippen molar-refractivity contribution < 1.29 is 19.1 Å². The Morgan fingerprint density at radius 2 is 1.68 bits per heavy atom. The van der Waals surface area contributed by atoms with Crippen LogP contribution >= 0.6 is 11.6 Å². The molecule has 0 saturated carbocycles. The average Bonchev–Trinajstić information content (AvgIpc) is 3.14. The number of benzene rings is 2. The number of aryl methyl sites for hydroxylation is 1. The van der Waals surface area contributed by atoms with E-state index in [0.29, 0.717) is 16.1 Å². The van der Waals surface area contributed by atoms with Crippen molar-refractivity contribution in [3.63, 3.8) is 0 Å². The van der Waals surface area contributed by atoms with Crippen LogP contribution < -0.4 is 0 Å². The summed E-state index contributed by atoms with van der Waals surface area (Å²) in [5.41, 5.74) is 4.71. The van der Waals surface area contributed by atoms with Gasteiger partial charge in [-0.05, 0) is 68.8 Å². The van der Waals surface area contributed by atoms with Crippen LogP contribution in [-0.2, 0) is 16.0 Å². The molecule has 1 saturated heterocycles. The van der Waals surface area contributed by atoms with Gasteiger partial charge in [-0.15, -0.1) is 0 Å². The fourth-order valence-electron chi connectivity index (χ4n) is 4.26. The topological polar surface area (TPSA) is 60.8 Å². The van der Waals surface area contributed by atoms with Crippen molar-refractivity contribution >= 4 is 23.4 Å². The number of ether oxygens (including phenoxy) is 2. The molecule has 1 aromatic heterocycles. The molecule has 0 spiro atoms. The molecule has 3 aromatic rings. The van der Waals surface area contributed by atoms with Gasteiger partial charge in [0.05, 0.1) is 18.8 Å². The number of carbonyl (C=O) groups is 2. The first kappa shape index (κ1) is 24.2. The number of Topliss-reactive ketones (excluding diaryl/α,β-unsaturated/α-hetero) is 1. The number of carbonyl (C=O) groups excluding carboxylic acids is 2. The molecule has 1 fully saturated rings. The molecule has 2 aromatic carbocycles. The Hall–Kier alpha value is -2.93. The Morgan fingerprint density at radius 3 is 2.32 bits per heavy atom. The number of halogens is 1. The maximum Gasteiger partial charge on any atom is 0.338 e. The van der Waals surface area contributed by atoms with Crippen LogP contribution in [-0.4, -0.2) is 53.6 Å². The molecule has 6 nitrogen and oxygen atoms in total. The van der Waals surface area contributed by atoms with Gasteiger partial charge in [0, 0.05) is 47.3 Å². The second-order valence-electron chi connectivity index (χ2n) is 8.59. The molecule has 178 valence electrons. The van der Waals surface area contributed by atoms with Crippen LogP contribution in [0.1, 0.15) is 44.6 Å². The number of ketones is 1. The number of esters is 1. The molecular weight excluding hydrogens is 452 g/mol. The van der Waals surface area contributed by atoms with E-state index in [1.165, 1.54) is 0 Å². The monoisotopic (exact) mass is 480 g/mol. The highest BCUT2D eigenvalue weighted by molar-refractivity contribution is 6.30. The Bertz CT molecular complexity index is 1160. The lowest BCUT2D eigenvalue weighted by molar-refractivity contribution is 0.0318. The van der Waals surface area contributed by atoms with E-state index in [4.69, 9.17) is 21.1 Å². The van der Waals surface area contributed by atoms with Crippen LogP contribution in [0.4, 0.5) is 0 Å². The van der Waals surface area contributed by atoms with E-state index in [1.54, 1.807) is 19.1 Å². The van der Waals surface area contributed by atoms with Crippen molar-refractivity contribution in [1.82, 2.24) is 9.47 Å². The molecule has 4 rings (SSSR count). The summed E-state index contributed by atoms with van der Waals surface area (Å²) in [5.74, 6) is -0.740. The standard InChI is InChI=1S/C27H29ClN2O4/c1-18-16-25(19(2)30(18)24-10-8-23(28)9-11-24)26(31)20(3)34-27(32)22-6-4-21(5-7-22)17-29-12-14-33-15-13-29/h4-11,16,20H,12-15,17H2,1-3H3. The van der Waals surface area contributed by atoms with Gasteiger partial charge in [-0.2, -0.15) is 0 Å². The minimum atomic E-state index is -0.903. The maximum atomic E-state index is 13.1. The van der Waals surface area contributed by atoms with Crippen molar-refractivity contribution in [2.75, 3.05) is 26.3 Å². The van der Waals surface area contributed by atoms with Crippen LogP contribution in [0.5, 0.6) is 0 Å². The lowest BCUT2D eigenvalue weighted by atomic mass is 10.1. The second-order valence-corrected chi connectivity index (χ2v) is 9.03. The van der Waals surface area contributed by atoms with Crippen molar-refractivity contribution in [2.24, 2.45) is 0 Å². The number of aromatic nitrogens is 1. The molecule has 0 radical (unpaired) electrons. The molecule has 7 heteroatoms. The Kier molecular flexibility index (Phi) is 7.51. The molecule has 1 unspecified atom stereocenters. The van der Waals surface area contributed by atoms with Crippen LogP contribution in [0, 0.1) is 13.8 Å². The predicted molar refractivity (Wildman–Crippen MR) is 132 cm³/mol. The highest BCUT2D eigenvalue weighted by Gasteiger charge is 2.25. The molecule has 0 N–H and O–H groups in total. The van der Waals surface area contributed by atoms with Crippen molar-refractivity contribution in [3.05, 3.63) is 87.7 Å². The van der Waals surface area contributed by atoms with E-state index < -0.39 is 12.1 Å². The molecule has 0 bridgehead atoms. The van der Waals surface area contributed by atoms with Crippen molar-refractivity contribution in [3.8, 4) is 5.69 Å². The summed E-state index contributed by atoms with van der Waals surface area (Å²) in [6.45, 7) is 9.56. The normalized spacial score (nSPS) is 15.2. The van der Waals surface area contributed by atoms with Gasteiger partial charge in [-0.1, -0.05) is 23.7 Å². The molecule has 1 aliphatic heterocycles. The van der Waals surface area contributed by atoms with E-state index in [1.807, 2.05) is 60.9 Å². The number of rotatable bonds is 7. The lowest BCUT2D eigenvalue weighted by Gasteiger charge is -2.26. The van der Waals surface area contributed by atoms with E-state index >= 15 is 0 Å². The number of hydrogen-bond acceptors (Lipinski definition) is 5. The highest BCUT2D eigenvalue weighted by Crippen LogP contribution is 2.24. The Balaban J connectivity index is 1.42. The van der Waals surface area contributed by atoms with Crippen molar-refractivity contribution in [1.29, 1.82) is 0 Å². The fraction of sp³-hybridized carbons (Fsp3) is 0.333. The third-order valence-corrected chi connectivity index (χ3v) is 6.39. The van der Waals surface area contributed by atoms with Crippen molar-refractivity contribution in [2.45, 2.75) is 33.4 Å². The zero-order chi connectivity index (χ0) is 24.2. The molecule has 1 atom stereocenters. The Labute approximate surface area is 205 Å². The largest absolute Gasteiger partial charge is 0.451 e. The molecule has 34 heavy (non-hydrogen) atoms. The highest BCUT2D eigenvalue weighted by atomic mass is 35.5. The zero-order valence-corrected chi connectivity index (χ0v) is 20.5. The van der Waals surface area contributed by atoms with Gasteiger partial charge in [0.15, 0.2) is 6.10 Å². The van der Waals surface area contributed by atoms with Crippen LogP contribution in [0.25, 0.3) is 5.69 Å². The van der Waals surface area contributed by atoms with Gasteiger partial charge in [-0.3, -0.25) is 9.69 Å². The van der Waals surface area contributed by atoms with Gasteiger partial charge in [-0.25, -0.2) is 4.79 Å². The van der Waals surface area contributed by atoms with Crippen LogP contribution in [0.15, 0.2) is 54.6 Å². The zero-order valence-electron chi connectivity index (χ0n) is 19.7.